The van der Waals surface area contributed by atoms with Crippen molar-refractivity contribution in [1.82, 2.24) is 20.2 Å². The zero-order chi connectivity index (χ0) is 15.4. The van der Waals surface area contributed by atoms with Crippen molar-refractivity contribution in [1.29, 1.82) is 0 Å². The molecule has 0 unspecified atom stereocenters. The van der Waals surface area contributed by atoms with Gasteiger partial charge in [0.15, 0.2) is 5.82 Å². The standard InChI is InChI=1S/C17H17N5/c1-21(2)15-11-8-14(9-12-15)10-13-17-18-19-20-22(17)16-6-4-3-5-7-16/h3-13H,1-2H3. The summed E-state index contributed by atoms with van der Waals surface area (Å²) in [7, 11) is 4.05. The van der Waals surface area contributed by atoms with Gasteiger partial charge in [-0.05, 0) is 46.3 Å². The molecule has 110 valence electrons. The quantitative estimate of drug-likeness (QED) is 0.741. The number of nitrogens with zero attached hydrogens (tertiary/aromatic N) is 5. The number of hydrogen-bond acceptors (Lipinski definition) is 4. The SMILES string of the molecule is CN(C)c1ccc(C=Cc2nnnn2-c2ccccc2)cc1. The minimum absolute atomic E-state index is 0.697. The van der Waals surface area contributed by atoms with Crippen LogP contribution < -0.4 is 4.90 Å². The van der Waals surface area contributed by atoms with Crippen LogP contribution in [0, 0.1) is 0 Å². The molecule has 1 aromatic heterocycles. The Bertz CT molecular complexity index is 757. The third-order valence-electron chi connectivity index (χ3n) is 3.33. The summed E-state index contributed by atoms with van der Waals surface area (Å²) in [4.78, 5) is 2.07. The number of aromatic nitrogens is 4. The Morgan fingerprint density at radius 1 is 0.909 bits per heavy atom. The van der Waals surface area contributed by atoms with Crippen LogP contribution in [0.2, 0.25) is 0 Å². The van der Waals surface area contributed by atoms with E-state index < -0.39 is 0 Å². The van der Waals surface area contributed by atoms with E-state index in [1.54, 1.807) is 4.68 Å². The fraction of sp³-hybridized carbons (Fsp3) is 0.118. The summed E-state index contributed by atoms with van der Waals surface area (Å²) in [5.74, 6) is 0.697. The number of tetrazole rings is 1. The average Bonchev–Trinajstić information content (AvgIpc) is 3.02. The van der Waals surface area contributed by atoms with Crippen molar-refractivity contribution in [2.24, 2.45) is 0 Å². The van der Waals surface area contributed by atoms with Crippen molar-refractivity contribution >= 4 is 17.8 Å². The maximum absolute atomic E-state index is 4.06. The molecule has 0 aliphatic heterocycles. The van der Waals surface area contributed by atoms with E-state index in [2.05, 4.69) is 44.7 Å². The minimum atomic E-state index is 0.697. The molecule has 3 rings (SSSR count). The third kappa shape index (κ3) is 3.03. The van der Waals surface area contributed by atoms with Crippen LogP contribution in [0.3, 0.4) is 0 Å². The van der Waals surface area contributed by atoms with Crippen molar-refractivity contribution in [2.45, 2.75) is 0 Å². The Hall–Kier alpha value is -2.95. The van der Waals surface area contributed by atoms with Crippen LogP contribution in [0.15, 0.2) is 54.6 Å². The van der Waals surface area contributed by atoms with Gasteiger partial charge < -0.3 is 4.90 Å². The summed E-state index contributed by atoms with van der Waals surface area (Å²) in [5.41, 5.74) is 3.22. The first-order valence-corrected chi connectivity index (χ1v) is 7.03. The monoisotopic (exact) mass is 291 g/mol. The Labute approximate surface area is 129 Å². The summed E-state index contributed by atoms with van der Waals surface area (Å²) < 4.78 is 1.71. The molecular weight excluding hydrogens is 274 g/mol. The first kappa shape index (κ1) is 14.0. The number of benzene rings is 2. The number of rotatable bonds is 4. The topological polar surface area (TPSA) is 46.8 Å². The van der Waals surface area contributed by atoms with Crippen LogP contribution in [0.25, 0.3) is 17.8 Å². The molecule has 0 saturated carbocycles. The van der Waals surface area contributed by atoms with Crippen molar-refractivity contribution in [3.8, 4) is 5.69 Å². The molecule has 0 aliphatic rings. The van der Waals surface area contributed by atoms with Crippen LogP contribution >= 0.6 is 0 Å². The molecule has 0 N–H and O–H groups in total. The van der Waals surface area contributed by atoms with Gasteiger partial charge >= 0.3 is 0 Å². The van der Waals surface area contributed by atoms with Gasteiger partial charge in [-0.2, -0.15) is 4.68 Å². The highest BCUT2D eigenvalue weighted by molar-refractivity contribution is 5.68. The zero-order valence-electron chi connectivity index (χ0n) is 12.6. The van der Waals surface area contributed by atoms with Gasteiger partial charge in [0.25, 0.3) is 0 Å². The Balaban J connectivity index is 1.83. The maximum Gasteiger partial charge on any atom is 0.179 e. The van der Waals surface area contributed by atoms with E-state index >= 15 is 0 Å². The largest absolute Gasteiger partial charge is 0.378 e. The smallest absolute Gasteiger partial charge is 0.179 e. The fourth-order valence-electron chi connectivity index (χ4n) is 2.11. The third-order valence-corrected chi connectivity index (χ3v) is 3.33. The lowest BCUT2D eigenvalue weighted by Gasteiger charge is -2.11. The van der Waals surface area contributed by atoms with E-state index in [1.807, 2.05) is 56.6 Å². The van der Waals surface area contributed by atoms with Crippen molar-refractivity contribution in [3.05, 3.63) is 66.0 Å². The predicted molar refractivity (Wildman–Crippen MR) is 88.9 cm³/mol. The molecule has 0 bridgehead atoms. The van der Waals surface area contributed by atoms with Crippen molar-refractivity contribution < 1.29 is 0 Å². The van der Waals surface area contributed by atoms with Gasteiger partial charge in [0.05, 0.1) is 5.69 Å². The highest BCUT2D eigenvalue weighted by Crippen LogP contribution is 2.15. The Kier molecular flexibility index (Phi) is 3.96. The lowest BCUT2D eigenvalue weighted by atomic mass is 10.2. The summed E-state index contributed by atoms with van der Waals surface area (Å²) in [6.45, 7) is 0. The second-order valence-corrected chi connectivity index (χ2v) is 5.10. The molecule has 0 amide bonds. The number of hydrogen-bond donors (Lipinski definition) is 0. The number of para-hydroxylation sites is 1. The van der Waals surface area contributed by atoms with Crippen LogP contribution in [-0.4, -0.2) is 34.3 Å². The van der Waals surface area contributed by atoms with E-state index in [4.69, 9.17) is 0 Å². The summed E-state index contributed by atoms with van der Waals surface area (Å²) in [6, 6.07) is 18.1. The normalized spacial score (nSPS) is 11.0. The second kappa shape index (κ2) is 6.22. The first-order chi connectivity index (χ1) is 10.7. The molecule has 3 aromatic rings. The Morgan fingerprint density at radius 3 is 2.32 bits per heavy atom. The molecule has 0 spiro atoms. The average molecular weight is 291 g/mol. The molecular formula is C17H17N5. The molecule has 5 heteroatoms. The lowest BCUT2D eigenvalue weighted by Crippen LogP contribution is -2.07. The van der Waals surface area contributed by atoms with Crippen LogP contribution in [0.1, 0.15) is 11.4 Å². The van der Waals surface area contributed by atoms with Gasteiger partial charge in [0.1, 0.15) is 0 Å². The van der Waals surface area contributed by atoms with E-state index in [0.29, 0.717) is 5.82 Å². The van der Waals surface area contributed by atoms with E-state index in [9.17, 15) is 0 Å². The van der Waals surface area contributed by atoms with E-state index in [0.717, 1.165) is 11.3 Å². The van der Waals surface area contributed by atoms with Gasteiger partial charge in [-0.3, -0.25) is 0 Å². The highest BCUT2D eigenvalue weighted by Gasteiger charge is 2.04. The lowest BCUT2D eigenvalue weighted by molar-refractivity contribution is 0.787. The molecule has 0 aliphatic carbocycles. The molecule has 0 atom stereocenters. The first-order valence-electron chi connectivity index (χ1n) is 7.03. The van der Waals surface area contributed by atoms with Gasteiger partial charge in [-0.15, -0.1) is 5.10 Å². The van der Waals surface area contributed by atoms with Crippen LogP contribution in [0.4, 0.5) is 5.69 Å². The van der Waals surface area contributed by atoms with Gasteiger partial charge in [-0.25, -0.2) is 0 Å². The molecule has 0 saturated heterocycles. The van der Waals surface area contributed by atoms with Crippen molar-refractivity contribution in [2.75, 3.05) is 19.0 Å². The minimum Gasteiger partial charge on any atom is -0.378 e. The van der Waals surface area contributed by atoms with E-state index in [1.165, 1.54) is 5.69 Å². The fourth-order valence-corrected chi connectivity index (χ4v) is 2.11. The van der Waals surface area contributed by atoms with Gasteiger partial charge in [0.2, 0.25) is 0 Å². The molecule has 22 heavy (non-hydrogen) atoms. The Morgan fingerprint density at radius 2 is 1.64 bits per heavy atom. The summed E-state index contributed by atoms with van der Waals surface area (Å²) in [5, 5.41) is 11.8. The van der Waals surface area contributed by atoms with E-state index in [-0.39, 0.29) is 0 Å². The van der Waals surface area contributed by atoms with Gasteiger partial charge in [0, 0.05) is 19.8 Å². The highest BCUT2D eigenvalue weighted by atomic mass is 15.5. The van der Waals surface area contributed by atoms with Crippen LogP contribution in [0.5, 0.6) is 0 Å². The van der Waals surface area contributed by atoms with Crippen molar-refractivity contribution in [3.63, 3.8) is 0 Å². The molecule has 1 heterocycles. The molecule has 0 fully saturated rings. The summed E-state index contributed by atoms with van der Waals surface area (Å²) >= 11 is 0. The van der Waals surface area contributed by atoms with Crippen LogP contribution in [-0.2, 0) is 0 Å². The molecule has 2 aromatic carbocycles. The number of anilines is 1. The van der Waals surface area contributed by atoms with Gasteiger partial charge in [-0.1, -0.05) is 36.4 Å². The maximum atomic E-state index is 4.06. The predicted octanol–water partition coefficient (Wildman–Crippen LogP) is 2.90. The second-order valence-electron chi connectivity index (χ2n) is 5.10. The zero-order valence-corrected chi connectivity index (χ0v) is 12.6. The molecule has 0 radical (unpaired) electrons. The molecule has 5 nitrogen and oxygen atoms in total. The summed E-state index contributed by atoms with van der Waals surface area (Å²) in [6.07, 6.45) is 3.92.